The van der Waals surface area contributed by atoms with Crippen molar-refractivity contribution in [2.24, 2.45) is 0 Å². The second-order valence-corrected chi connectivity index (χ2v) is 3.87. The number of anilines is 1. The maximum absolute atomic E-state index is 11.6. The van der Waals surface area contributed by atoms with Gasteiger partial charge in [-0.3, -0.25) is 14.4 Å². The van der Waals surface area contributed by atoms with E-state index in [2.05, 4.69) is 0 Å². The van der Waals surface area contributed by atoms with Crippen LogP contribution in [0.25, 0.3) is 0 Å². The summed E-state index contributed by atoms with van der Waals surface area (Å²) in [6.45, 7) is 0. The van der Waals surface area contributed by atoms with Crippen molar-refractivity contribution in [2.45, 2.75) is 12.8 Å². The second kappa shape index (κ2) is 4.83. The van der Waals surface area contributed by atoms with E-state index in [0.29, 0.717) is 11.3 Å². The number of rotatable bonds is 4. The van der Waals surface area contributed by atoms with Crippen LogP contribution in [0.1, 0.15) is 12.0 Å². The molecular weight excluding hydrogens is 234 g/mol. The zero-order valence-corrected chi connectivity index (χ0v) is 9.50. The summed E-state index contributed by atoms with van der Waals surface area (Å²) in [4.78, 5) is 34.8. The van der Waals surface area contributed by atoms with E-state index in [1.165, 1.54) is 12.2 Å². The fourth-order valence-corrected chi connectivity index (χ4v) is 1.82. The van der Waals surface area contributed by atoms with E-state index in [9.17, 15) is 14.4 Å². The highest BCUT2D eigenvalue weighted by Crippen LogP contribution is 2.24. The Morgan fingerprint density at radius 3 is 2.33 bits per heavy atom. The molecule has 0 atom stereocenters. The molecule has 0 radical (unpaired) electrons. The molecule has 1 aromatic rings. The van der Waals surface area contributed by atoms with Crippen LogP contribution in [0.15, 0.2) is 36.4 Å². The first-order valence-electron chi connectivity index (χ1n) is 5.45. The molecule has 2 amide bonds. The van der Waals surface area contributed by atoms with Crippen LogP contribution in [-0.4, -0.2) is 22.9 Å². The fourth-order valence-electron chi connectivity index (χ4n) is 1.82. The second-order valence-electron chi connectivity index (χ2n) is 3.87. The first kappa shape index (κ1) is 12.0. The molecule has 92 valence electrons. The molecule has 5 heteroatoms. The lowest BCUT2D eigenvalue weighted by Crippen LogP contribution is -2.30. The zero-order chi connectivity index (χ0) is 13.1. The van der Waals surface area contributed by atoms with Crippen molar-refractivity contribution in [3.05, 3.63) is 42.0 Å². The van der Waals surface area contributed by atoms with Crippen molar-refractivity contribution in [3.63, 3.8) is 0 Å². The van der Waals surface area contributed by atoms with Crippen LogP contribution in [0, 0.1) is 0 Å². The van der Waals surface area contributed by atoms with Crippen LogP contribution in [0.3, 0.4) is 0 Å². The Hall–Kier alpha value is -2.43. The van der Waals surface area contributed by atoms with Gasteiger partial charge in [0, 0.05) is 18.6 Å². The van der Waals surface area contributed by atoms with Gasteiger partial charge in [0.25, 0.3) is 11.8 Å². The molecule has 18 heavy (non-hydrogen) atoms. The SMILES string of the molecule is O=C(O)CCc1ccccc1N1C(=O)C=CC1=O. The highest BCUT2D eigenvalue weighted by atomic mass is 16.4. The standard InChI is InChI=1S/C13H11NO4/c15-11-6-7-12(16)14(11)10-4-2-1-3-9(10)5-8-13(17)18/h1-4,6-7H,5,8H2,(H,17,18). The van der Waals surface area contributed by atoms with Gasteiger partial charge in [0.2, 0.25) is 0 Å². The third-order valence-corrected chi connectivity index (χ3v) is 2.65. The minimum atomic E-state index is -0.915. The number of benzene rings is 1. The Morgan fingerprint density at radius 1 is 1.11 bits per heavy atom. The summed E-state index contributed by atoms with van der Waals surface area (Å²) in [5.74, 6) is -1.72. The van der Waals surface area contributed by atoms with Gasteiger partial charge in [-0.15, -0.1) is 0 Å². The predicted molar refractivity (Wildman–Crippen MR) is 64.0 cm³/mol. The average molecular weight is 245 g/mol. The predicted octanol–water partition coefficient (Wildman–Crippen LogP) is 1.13. The Balaban J connectivity index is 2.30. The Kier molecular flexibility index (Phi) is 3.23. The number of carboxylic acids is 1. The van der Waals surface area contributed by atoms with Gasteiger partial charge in [-0.25, -0.2) is 4.90 Å². The van der Waals surface area contributed by atoms with Crippen LogP contribution in [0.4, 0.5) is 5.69 Å². The minimum Gasteiger partial charge on any atom is -0.481 e. The molecule has 0 aliphatic carbocycles. The van der Waals surface area contributed by atoms with Crippen LogP contribution < -0.4 is 4.90 Å². The van der Waals surface area contributed by atoms with Crippen LogP contribution in [-0.2, 0) is 20.8 Å². The van der Waals surface area contributed by atoms with Crippen LogP contribution in [0.2, 0.25) is 0 Å². The van der Waals surface area contributed by atoms with Gasteiger partial charge in [0.05, 0.1) is 5.69 Å². The molecule has 0 unspecified atom stereocenters. The van der Waals surface area contributed by atoms with Crippen molar-refractivity contribution in [1.29, 1.82) is 0 Å². The van der Waals surface area contributed by atoms with E-state index in [1.54, 1.807) is 24.3 Å². The van der Waals surface area contributed by atoms with E-state index in [0.717, 1.165) is 4.90 Å². The number of nitrogens with zero attached hydrogens (tertiary/aromatic N) is 1. The van der Waals surface area contributed by atoms with Gasteiger partial charge in [-0.05, 0) is 18.1 Å². The third kappa shape index (κ3) is 2.29. The Labute approximate surface area is 103 Å². The van der Waals surface area contributed by atoms with Gasteiger partial charge >= 0.3 is 5.97 Å². The van der Waals surface area contributed by atoms with E-state index in [4.69, 9.17) is 5.11 Å². The monoisotopic (exact) mass is 245 g/mol. The van der Waals surface area contributed by atoms with Crippen molar-refractivity contribution < 1.29 is 19.5 Å². The zero-order valence-electron chi connectivity index (χ0n) is 9.50. The average Bonchev–Trinajstić information content (AvgIpc) is 2.67. The lowest BCUT2D eigenvalue weighted by molar-refractivity contribution is -0.137. The molecule has 0 aromatic heterocycles. The van der Waals surface area contributed by atoms with Crippen LogP contribution >= 0.6 is 0 Å². The van der Waals surface area contributed by atoms with Gasteiger partial charge in [-0.1, -0.05) is 18.2 Å². The number of aliphatic carboxylic acids is 1. The summed E-state index contributed by atoms with van der Waals surface area (Å²) in [7, 11) is 0. The summed E-state index contributed by atoms with van der Waals surface area (Å²) >= 11 is 0. The molecule has 0 spiro atoms. The van der Waals surface area contributed by atoms with Gasteiger partial charge in [0.1, 0.15) is 0 Å². The number of para-hydroxylation sites is 1. The van der Waals surface area contributed by atoms with E-state index in [1.807, 2.05) is 0 Å². The molecule has 5 nitrogen and oxygen atoms in total. The Bertz CT molecular complexity index is 530. The molecule has 0 saturated heterocycles. The lowest BCUT2D eigenvalue weighted by atomic mass is 10.1. The van der Waals surface area contributed by atoms with Gasteiger partial charge < -0.3 is 5.11 Å². The molecule has 1 N–H and O–H groups in total. The number of hydrogen-bond donors (Lipinski definition) is 1. The van der Waals surface area contributed by atoms with Crippen molar-refractivity contribution >= 4 is 23.5 Å². The number of carbonyl (C=O) groups is 3. The van der Waals surface area contributed by atoms with E-state index in [-0.39, 0.29) is 12.8 Å². The lowest BCUT2D eigenvalue weighted by Gasteiger charge is -2.17. The molecular formula is C13H11NO4. The molecule has 0 saturated carbocycles. The summed E-state index contributed by atoms with van der Waals surface area (Å²) in [5.41, 5.74) is 1.13. The highest BCUT2D eigenvalue weighted by molar-refractivity contribution is 6.28. The van der Waals surface area contributed by atoms with E-state index < -0.39 is 17.8 Å². The summed E-state index contributed by atoms with van der Waals surface area (Å²) in [6.07, 6.45) is 2.65. The molecule has 1 aromatic carbocycles. The summed E-state index contributed by atoms with van der Waals surface area (Å²) in [5, 5.41) is 8.68. The topological polar surface area (TPSA) is 74.7 Å². The number of hydrogen-bond acceptors (Lipinski definition) is 3. The maximum atomic E-state index is 11.6. The molecule has 2 rings (SSSR count). The molecule has 1 heterocycles. The van der Waals surface area contributed by atoms with Crippen molar-refractivity contribution in [3.8, 4) is 0 Å². The number of amides is 2. The smallest absolute Gasteiger partial charge is 0.303 e. The highest BCUT2D eigenvalue weighted by Gasteiger charge is 2.26. The fraction of sp³-hybridized carbons (Fsp3) is 0.154. The first-order valence-corrected chi connectivity index (χ1v) is 5.45. The number of carboxylic acid groups (broad SMARTS) is 1. The largest absolute Gasteiger partial charge is 0.481 e. The van der Waals surface area contributed by atoms with Gasteiger partial charge in [0.15, 0.2) is 0 Å². The molecule has 1 aliphatic heterocycles. The maximum Gasteiger partial charge on any atom is 0.303 e. The van der Waals surface area contributed by atoms with Gasteiger partial charge in [-0.2, -0.15) is 0 Å². The van der Waals surface area contributed by atoms with E-state index >= 15 is 0 Å². The quantitative estimate of drug-likeness (QED) is 0.807. The molecule has 1 aliphatic rings. The first-order chi connectivity index (χ1) is 8.59. The summed E-state index contributed by atoms with van der Waals surface area (Å²) < 4.78 is 0. The summed E-state index contributed by atoms with van der Waals surface area (Å²) in [6, 6.07) is 6.81. The van der Waals surface area contributed by atoms with Crippen molar-refractivity contribution in [2.75, 3.05) is 4.90 Å². The third-order valence-electron chi connectivity index (χ3n) is 2.65. The molecule has 0 bridgehead atoms. The minimum absolute atomic E-state index is 0.0410. The van der Waals surface area contributed by atoms with Crippen molar-refractivity contribution in [1.82, 2.24) is 0 Å². The normalized spacial score (nSPS) is 14.3. The Morgan fingerprint density at radius 2 is 1.72 bits per heavy atom. The van der Waals surface area contributed by atoms with Crippen LogP contribution in [0.5, 0.6) is 0 Å². The number of carbonyl (C=O) groups excluding carboxylic acids is 2. The number of imide groups is 1. The number of aryl methyl sites for hydroxylation is 1. The molecule has 0 fully saturated rings.